The van der Waals surface area contributed by atoms with Crippen LogP contribution < -0.4 is 5.32 Å². The van der Waals surface area contributed by atoms with Crippen molar-refractivity contribution in [2.24, 2.45) is 0 Å². The number of rotatable bonds is 3. The molecule has 2 amide bonds. The maximum Gasteiger partial charge on any atom is 0.265 e. The molecule has 1 aromatic heterocycles. The Labute approximate surface area is 151 Å². The summed E-state index contributed by atoms with van der Waals surface area (Å²) in [6, 6.07) is 9.27. The fraction of sp³-hybridized carbons (Fsp3) is 0.400. The van der Waals surface area contributed by atoms with Gasteiger partial charge in [-0.3, -0.25) is 9.59 Å². The van der Waals surface area contributed by atoms with Gasteiger partial charge in [-0.15, -0.1) is 11.3 Å². The van der Waals surface area contributed by atoms with Gasteiger partial charge in [0.15, 0.2) is 0 Å². The molecule has 1 aliphatic carbocycles. The molecule has 25 heavy (non-hydrogen) atoms. The Morgan fingerprint density at radius 1 is 0.960 bits per heavy atom. The number of amides is 2. The smallest absolute Gasteiger partial charge is 0.265 e. The van der Waals surface area contributed by atoms with Crippen LogP contribution in [0.5, 0.6) is 0 Å². The lowest BCUT2D eigenvalue weighted by Crippen LogP contribution is -2.27. The van der Waals surface area contributed by atoms with Crippen LogP contribution in [0.25, 0.3) is 0 Å². The van der Waals surface area contributed by atoms with E-state index in [1.165, 1.54) is 23.3 Å². The number of carbonyl (C=O) groups is 2. The molecule has 1 aromatic carbocycles. The SMILES string of the molecule is O=C(Nc1ccc(C(=O)N2CCCC2)cc1)c1cc2c(s1)CCCC2. The summed E-state index contributed by atoms with van der Waals surface area (Å²) in [6.07, 6.45) is 6.81. The van der Waals surface area contributed by atoms with Crippen LogP contribution in [0.3, 0.4) is 0 Å². The van der Waals surface area contributed by atoms with Crippen LogP contribution in [0.1, 0.15) is 56.2 Å². The molecule has 1 saturated heterocycles. The first-order valence-corrected chi connectivity index (χ1v) is 9.84. The maximum absolute atomic E-state index is 12.5. The zero-order chi connectivity index (χ0) is 17.2. The number of thiophene rings is 1. The van der Waals surface area contributed by atoms with Crippen molar-refractivity contribution in [1.82, 2.24) is 4.90 Å². The van der Waals surface area contributed by atoms with Crippen molar-refractivity contribution >= 4 is 28.8 Å². The number of hydrogen-bond donors (Lipinski definition) is 1. The highest BCUT2D eigenvalue weighted by Gasteiger charge is 2.20. The average molecular weight is 354 g/mol. The predicted molar refractivity (Wildman–Crippen MR) is 100 cm³/mol. The van der Waals surface area contributed by atoms with Gasteiger partial charge < -0.3 is 10.2 Å². The van der Waals surface area contributed by atoms with Crippen LogP contribution in [0.15, 0.2) is 30.3 Å². The topological polar surface area (TPSA) is 49.4 Å². The summed E-state index contributed by atoms with van der Waals surface area (Å²) in [7, 11) is 0. The van der Waals surface area contributed by atoms with Crippen LogP contribution >= 0.6 is 11.3 Å². The van der Waals surface area contributed by atoms with Crippen molar-refractivity contribution in [2.75, 3.05) is 18.4 Å². The number of aryl methyl sites for hydroxylation is 2. The maximum atomic E-state index is 12.5. The van der Waals surface area contributed by atoms with Crippen molar-refractivity contribution in [3.05, 3.63) is 51.2 Å². The van der Waals surface area contributed by atoms with Crippen LogP contribution in [0, 0.1) is 0 Å². The molecule has 0 radical (unpaired) electrons. The minimum absolute atomic E-state index is 0.0574. The molecule has 0 bridgehead atoms. The lowest BCUT2D eigenvalue weighted by molar-refractivity contribution is 0.0792. The van der Waals surface area contributed by atoms with Gasteiger partial charge in [0.2, 0.25) is 0 Å². The third-order valence-corrected chi connectivity index (χ3v) is 6.24. The van der Waals surface area contributed by atoms with Gasteiger partial charge in [0.25, 0.3) is 11.8 Å². The lowest BCUT2D eigenvalue weighted by atomic mass is 9.99. The average Bonchev–Trinajstić information content (AvgIpc) is 3.31. The number of hydrogen-bond acceptors (Lipinski definition) is 3. The van der Waals surface area contributed by atoms with E-state index in [1.54, 1.807) is 23.5 Å². The first kappa shape index (κ1) is 16.3. The summed E-state index contributed by atoms with van der Waals surface area (Å²) in [5.41, 5.74) is 2.76. The Morgan fingerprint density at radius 2 is 1.68 bits per heavy atom. The normalized spacial score (nSPS) is 16.6. The Bertz CT molecular complexity index is 765. The molecule has 0 atom stereocenters. The highest BCUT2D eigenvalue weighted by Crippen LogP contribution is 2.30. The summed E-state index contributed by atoms with van der Waals surface area (Å²) in [5, 5.41) is 2.95. The molecular weight excluding hydrogens is 332 g/mol. The van der Waals surface area contributed by atoms with Gasteiger partial charge in [-0.1, -0.05) is 0 Å². The molecule has 2 aliphatic rings. The number of likely N-dealkylation sites (tertiary alicyclic amines) is 1. The second-order valence-corrected chi connectivity index (χ2v) is 7.93. The van der Waals surface area contributed by atoms with Gasteiger partial charge in [-0.25, -0.2) is 0 Å². The molecule has 0 spiro atoms. The number of nitrogens with one attached hydrogen (secondary N) is 1. The predicted octanol–water partition coefficient (Wildman–Crippen LogP) is 4.12. The second-order valence-electron chi connectivity index (χ2n) is 6.80. The standard InChI is InChI=1S/C20H22N2O2S/c23-19(18-13-15-5-1-2-6-17(15)25-18)21-16-9-7-14(8-10-16)20(24)22-11-3-4-12-22/h7-10,13H,1-6,11-12H2,(H,21,23). The van der Waals surface area contributed by atoms with E-state index in [-0.39, 0.29) is 11.8 Å². The first-order chi connectivity index (χ1) is 12.2. The number of carbonyl (C=O) groups excluding carboxylic acids is 2. The van der Waals surface area contributed by atoms with E-state index in [2.05, 4.69) is 5.32 Å². The van der Waals surface area contributed by atoms with Gasteiger partial charge in [0.05, 0.1) is 4.88 Å². The summed E-state index contributed by atoms with van der Waals surface area (Å²) >= 11 is 1.61. The summed E-state index contributed by atoms with van der Waals surface area (Å²) < 4.78 is 0. The summed E-state index contributed by atoms with van der Waals surface area (Å²) in [4.78, 5) is 28.9. The Kier molecular flexibility index (Phi) is 4.57. The zero-order valence-electron chi connectivity index (χ0n) is 14.2. The molecule has 0 unspecified atom stereocenters. The van der Waals surface area contributed by atoms with E-state index in [4.69, 9.17) is 0 Å². The van der Waals surface area contributed by atoms with Crippen molar-refractivity contribution in [2.45, 2.75) is 38.5 Å². The van der Waals surface area contributed by atoms with Gasteiger partial charge >= 0.3 is 0 Å². The van der Waals surface area contributed by atoms with Gasteiger partial charge in [-0.05, 0) is 74.4 Å². The van der Waals surface area contributed by atoms with Crippen molar-refractivity contribution in [1.29, 1.82) is 0 Å². The first-order valence-electron chi connectivity index (χ1n) is 9.03. The Morgan fingerprint density at radius 3 is 2.40 bits per heavy atom. The Balaban J connectivity index is 1.43. The molecule has 130 valence electrons. The van der Waals surface area contributed by atoms with Crippen LogP contribution in [-0.4, -0.2) is 29.8 Å². The van der Waals surface area contributed by atoms with Crippen LogP contribution in [0.4, 0.5) is 5.69 Å². The minimum Gasteiger partial charge on any atom is -0.339 e. The fourth-order valence-electron chi connectivity index (χ4n) is 3.59. The highest BCUT2D eigenvalue weighted by atomic mass is 32.1. The van der Waals surface area contributed by atoms with Crippen LogP contribution in [0.2, 0.25) is 0 Å². The molecule has 2 heterocycles. The van der Waals surface area contributed by atoms with E-state index >= 15 is 0 Å². The van der Waals surface area contributed by atoms with Crippen LogP contribution in [-0.2, 0) is 12.8 Å². The van der Waals surface area contributed by atoms with Gasteiger partial charge in [-0.2, -0.15) is 0 Å². The molecule has 5 heteroatoms. The number of fused-ring (bicyclic) bond motifs is 1. The third kappa shape index (κ3) is 3.47. The molecule has 4 rings (SSSR count). The van der Waals surface area contributed by atoms with E-state index in [9.17, 15) is 9.59 Å². The summed E-state index contributed by atoms with van der Waals surface area (Å²) in [6.45, 7) is 1.70. The number of nitrogens with zero attached hydrogens (tertiary/aromatic N) is 1. The largest absolute Gasteiger partial charge is 0.339 e. The second kappa shape index (κ2) is 7.00. The zero-order valence-corrected chi connectivity index (χ0v) is 15.0. The van der Waals surface area contributed by atoms with Gasteiger partial charge in [0.1, 0.15) is 0 Å². The lowest BCUT2D eigenvalue weighted by Gasteiger charge is -2.15. The summed E-state index contributed by atoms with van der Waals surface area (Å²) in [5.74, 6) is 0.0272. The highest BCUT2D eigenvalue weighted by molar-refractivity contribution is 7.14. The fourth-order valence-corrected chi connectivity index (χ4v) is 4.74. The van der Waals surface area contributed by atoms with E-state index in [0.29, 0.717) is 5.56 Å². The number of anilines is 1. The van der Waals surface area contributed by atoms with Crippen molar-refractivity contribution in [3.63, 3.8) is 0 Å². The molecule has 4 nitrogen and oxygen atoms in total. The monoisotopic (exact) mass is 354 g/mol. The molecule has 0 saturated carbocycles. The number of benzene rings is 1. The molecular formula is C20H22N2O2S. The van der Waals surface area contributed by atoms with Crippen molar-refractivity contribution < 1.29 is 9.59 Å². The minimum atomic E-state index is -0.0574. The van der Waals surface area contributed by atoms with E-state index in [1.807, 2.05) is 23.1 Å². The van der Waals surface area contributed by atoms with Gasteiger partial charge in [0, 0.05) is 29.2 Å². The van der Waals surface area contributed by atoms with E-state index < -0.39 is 0 Å². The Hall–Kier alpha value is -2.14. The molecule has 1 N–H and O–H groups in total. The van der Waals surface area contributed by atoms with Crippen molar-refractivity contribution in [3.8, 4) is 0 Å². The quantitative estimate of drug-likeness (QED) is 0.901. The van der Waals surface area contributed by atoms with E-state index in [0.717, 1.165) is 49.3 Å². The molecule has 1 aliphatic heterocycles. The third-order valence-electron chi connectivity index (χ3n) is 5.00. The molecule has 1 fully saturated rings. The molecule has 2 aromatic rings.